The number of fused-ring (bicyclic) bond motifs is 1. The molecule has 0 fully saturated rings. The summed E-state index contributed by atoms with van der Waals surface area (Å²) in [6.45, 7) is 0.214. The normalized spacial score (nSPS) is 10.7. The summed E-state index contributed by atoms with van der Waals surface area (Å²) in [5, 5.41) is 3.68. The molecule has 0 spiro atoms. The highest BCUT2D eigenvalue weighted by atomic mass is 16.5. The van der Waals surface area contributed by atoms with Gasteiger partial charge in [0.15, 0.2) is 0 Å². The number of hydrogen-bond donors (Lipinski definition) is 3. The van der Waals surface area contributed by atoms with Crippen LogP contribution < -0.4 is 21.5 Å². The number of nitrogens with zero attached hydrogens (tertiary/aromatic N) is 1. The number of hydrogen-bond acceptors (Lipinski definition) is 6. The monoisotopic (exact) mass is 374 g/mol. The molecule has 0 saturated carbocycles. The van der Waals surface area contributed by atoms with E-state index in [9.17, 15) is 4.79 Å². The zero-order valence-electron chi connectivity index (χ0n) is 14.9. The van der Waals surface area contributed by atoms with Crippen LogP contribution in [0, 0.1) is 0 Å². The van der Waals surface area contributed by atoms with E-state index in [-0.39, 0.29) is 29.7 Å². The van der Waals surface area contributed by atoms with Crippen molar-refractivity contribution in [1.82, 2.24) is 10.3 Å². The van der Waals surface area contributed by atoms with Gasteiger partial charge in [0.1, 0.15) is 34.5 Å². The maximum atomic E-state index is 12.3. The lowest BCUT2D eigenvalue weighted by atomic mass is 10.2. The molecule has 0 aliphatic carbocycles. The van der Waals surface area contributed by atoms with Crippen molar-refractivity contribution in [1.29, 1.82) is 0 Å². The van der Waals surface area contributed by atoms with Gasteiger partial charge in [-0.3, -0.25) is 4.79 Å². The van der Waals surface area contributed by atoms with Crippen LogP contribution in [0.2, 0.25) is 0 Å². The zero-order chi connectivity index (χ0) is 19.5. The van der Waals surface area contributed by atoms with Gasteiger partial charge in [-0.25, -0.2) is 4.98 Å². The first kappa shape index (κ1) is 17.4. The molecule has 0 atom stereocenters. The third kappa shape index (κ3) is 3.73. The van der Waals surface area contributed by atoms with Gasteiger partial charge in [-0.05, 0) is 42.5 Å². The number of pyridine rings is 1. The first-order chi connectivity index (χ1) is 13.6. The molecular formula is C21H18N4O3. The van der Waals surface area contributed by atoms with Crippen molar-refractivity contribution in [2.24, 2.45) is 0 Å². The van der Waals surface area contributed by atoms with E-state index in [4.69, 9.17) is 20.6 Å². The van der Waals surface area contributed by atoms with E-state index in [2.05, 4.69) is 10.3 Å². The number of nitrogens with one attached hydrogen (secondary N) is 1. The second-order valence-electron chi connectivity index (χ2n) is 6.18. The summed E-state index contributed by atoms with van der Waals surface area (Å²) < 4.78 is 11.6. The third-order valence-electron chi connectivity index (χ3n) is 4.14. The predicted octanol–water partition coefficient (Wildman–Crippen LogP) is 3.71. The van der Waals surface area contributed by atoms with Crippen LogP contribution in [0.1, 0.15) is 16.1 Å². The highest BCUT2D eigenvalue weighted by Crippen LogP contribution is 2.27. The van der Waals surface area contributed by atoms with Crippen molar-refractivity contribution in [2.45, 2.75) is 6.54 Å². The van der Waals surface area contributed by atoms with Crippen LogP contribution in [0.25, 0.3) is 11.0 Å². The van der Waals surface area contributed by atoms with Crippen LogP contribution in [0.3, 0.4) is 0 Å². The molecule has 1 amide bonds. The van der Waals surface area contributed by atoms with E-state index in [1.165, 1.54) is 6.07 Å². The minimum atomic E-state index is -0.349. The molecule has 4 aromatic rings. The van der Waals surface area contributed by atoms with Gasteiger partial charge in [-0.15, -0.1) is 0 Å². The zero-order valence-corrected chi connectivity index (χ0v) is 14.9. The van der Waals surface area contributed by atoms with Gasteiger partial charge in [0.05, 0.1) is 12.1 Å². The number of anilines is 2. The number of carbonyl (C=O) groups is 1. The molecule has 4 rings (SSSR count). The molecular weight excluding hydrogens is 356 g/mol. The average Bonchev–Trinajstić information content (AvgIpc) is 3.09. The van der Waals surface area contributed by atoms with E-state index >= 15 is 0 Å². The van der Waals surface area contributed by atoms with Gasteiger partial charge in [-0.1, -0.05) is 18.2 Å². The molecule has 140 valence electrons. The summed E-state index contributed by atoms with van der Waals surface area (Å²) in [6, 6.07) is 20.0. The Morgan fingerprint density at radius 2 is 1.82 bits per heavy atom. The van der Waals surface area contributed by atoms with Gasteiger partial charge in [0.2, 0.25) is 0 Å². The lowest BCUT2D eigenvalue weighted by molar-refractivity contribution is 0.0949. The number of nitrogen functional groups attached to an aromatic ring is 2. The highest BCUT2D eigenvalue weighted by molar-refractivity contribution is 5.98. The standard InChI is InChI=1S/C21H18N4O3/c22-19-9-8-17(20(23)25-19)21(26)24-12-16-10-13-6-7-15(11-18(13)28-16)27-14-4-2-1-3-5-14/h1-11H,12H2,(H,24,26)(H4,22,23,25). The molecule has 0 radical (unpaired) electrons. The molecule has 0 aliphatic rings. The number of ether oxygens (including phenoxy) is 1. The van der Waals surface area contributed by atoms with Crippen molar-refractivity contribution in [3.63, 3.8) is 0 Å². The van der Waals surface area contributed by atoms with Gasteiger partial charge < -0.3 is 25.9 Å². The van der Waals surface area contributed by atoms with Crippen molar-refractivity contribution in [3.8, 4) is 11.5 Å². The Hall–Kier alpha value is -4.00. The van der Waals surface area contributed by atoms with Crippen LogP contribution in [-0.2, 0) is 6.54 Å². The molecule has 0 unspecified atom stereocenters. The predicted molar refractivity (Wildman–Crippen MR) is 107 cm³/mol. The molecule has 0 bridgehead atoms. The summed E-state index contributed by atoms with van der Waals surface area (Å²) in [7, 11) is 0. The number of carbonyl (C=O) groups excluding carboxylic acids is 1. The molecule has 5 N–H and O–H groups in total. The lowest BCUT2D eigenvalue weighted by Gasteiger charge is -2.06. The second kappa shape index (κ2) is 7.32. The largest absolute Gasteiger partial charge is 0.459 e. The maximum absolute atomic E-state index is 12.3. The number of benzene rings is 2. The minimum Gasteiger partial charge on any atom is -0.459 e. The SMILES string of the molecule is Nc1ccc(C(=O)NCc2cc3ccc(Oc4ccccc4)cc3o2)c(N)n1. The van der Waals surface area contributed by atoms with Crippen molar-refractivity contribution >= 4 is 28.5 Å². The number of rotatable bonds is 5. The quantitative estimate of drug-likeness (QED) is 0.490. The molecule has 7 nitrogen and oxygen atoms in total. The van der Waals surface area contributed by atoms with E-state index < -0.39 is 0 Å². The van der Waals surface area contributed by atoms with Gasteiger partial charge in [0.25, 0.3) is 5.91 Å². The van der Waals surface area contributed by atoms with Crippen LogP contribution in [0.5, 0.6) is 11.5 Å². The molecule has 2 aromatic carbocycles. The number of amides is 1. The molecule has 7 heteroatoms. The van der Waals surface area contributed by atoms with Crippen LogP contribution in [0.15, 0.2) is 71.1 Å². The summed E-state index contributed by atoms with van der Waals surface area (Å²) in [4.78, 5) is 16.2. The molecule has 0 aliphatic heterocycles. The first-order valence-electron chi connectivity index (χ1n) is 8.64. The molecule has 2 aromatic heterocycles. The number of aromatic nitrogens is 1. The Kier molecular flexibility index (Phi) is 4.55. The van der Waals surface area contributed by atoms with E-state index in [0.29, 0.717) is 17.1 Å². The van der Waals surface area contributed by atoms with Crippen LogP contribution >= 0.6 is 0 Å². The molecule has 0 saturated heterocycles. The smallest absolute Gasteiger partial charge is 0.255 e. The van der Waals surface area contributed by atoms with Crippen molar-refractivity contribution < 1.29 is 13.9 Å². The topological polar surface area (TPSA) is 116 Å². The van der Waals surface area contributed by atoms with E-state index in [0.717, 1.165) is 11.1 Å². The number of nitrogens with two attached hydrogens (primary N) is 2. The fourth-order valence-corrected chi connectivity index (χ4v) is 2.79. The summed E-state index contributed by atoms with van der Waals surface area (Å²) in [5.41, 5.74) is 12.2. The van der Waals surface area contributed by atoms with Crippen molar-refractivity contribution in [3.05, 3.63) is 78.1 Å². The van der Waals surface area contributed by atoms with E-state index in [1.807, 2.05) is 54.6 Å². The Labute approximate surface area is 160 Å². The average molecular weight is 374 g/mol. The second-order valence-corrected chi connectivity index (χ2v) is 6.18. The summed E-state index contributed by atoms with van der Waals surface area (Å²) >= 11 is 0. The number of furan rings is 1. The summed E-state index contributed by atoms with van der Waals surface area (Å²) in [6.07, 6.45) is 0. The minimum absolute atomic E-state index is 0.0878. The third-order valence-corrected chi connectivity index (χ3v) is 4.14. The Morgan fingerprint density at radius 1 is 1.00 bits per heavy atom. The van der Waals surface area contributed by atoms with Gasteiger partial charge in [0, 0.05) is 11.5 Å². The maximum Gasteiger partial charge on any atom is 0.255 e. The highest BCUT2D eigenvalue weighted by Gasteiger charge is 2.12. The van der Waals surface area contributed by atoms with Gasteiger partial charge in [-0.2, -0.15) is 0 Å². The Balaban J connectivity index is 1.46. The number of para-hydroxylation sites is 1. The van der Waals surface area contributed by atoms with Crippen LogP contribution in [-0.4, -0.2) is 10.9 Å². The molecule has 2 heterocycles. The van der Waals surface area contributed by atoms with Gasteiger partial charge >= 0.3 is 0 Å². The first-order valence-corrected chi connectivity index (χ1v) is 8.64. The Bertz CT molecular complexity index is 1140. The summed E-state index contributed by atoms with van der Waals surface area (Å²) in [5.74, 6) is 2.03. The van der Waals surface area contributed by atoms with Crippen molar-refractivity contribution in [2.75, 3.05) is 11.5 Å². The fourth-order valence-electron chi connectivity index (χ4n) is 2.79. The van der Waals surface area contributed by atoms with E-state index in [1.54, 1.807) is 6.07 Å². The van der Waals surface area contributed by atoms with Crippen LogP contribution in [0.4, 0.5) is 11.6 Å². The lowest BCUT2D eigenvalue weighted by Crippen LogP contribution is -2.24. The molecule has 28 heavy (non-hydrogen) atoms. The fraction of sp³-hybridized carbons (Fsp3) is 0.0476. The Morgan fingerprint density at radius 3 is 2.61 bits per heavy atom.